The summed E-state index contributed by atoms with van der Waals surface area (Å²) in [6, 6.07) is 0. The summed E-state index contributed by atoms with van der Waals surface area (Å²) in [6.07, 6.45) is 5.27. The Morgan fingerprint density at radius 3 is 2.71 bits per heavy atom. The highest BCUT2D eigenvalue weighted by molar-refractivity contribution is 6.36. The highest BCUT2D eigenvalue weighted by Gasteiger charge is 2.19. The first-order chi connectivity index (χ1) is 6.63. The highest BCUT2D eigenvalue weighted by Crippen LogP contribution is 1.98. The lowest BCUT2D eigenvalue weighted by molar-refractivity contribution is -0.139. The Labute approximate surface area is 82.4 Å². The Kier molecular flexibility index (Phi) is 3.23. The van der Waals surface area contributed by atoms with Crippen molar-refractivity contribution in [1.29, 1.82) is 0 Å². The number of nitrogens with one attached hydrogen (secondary N) is 2. The second kappa shape index (κ2) is 4.41. The van der Waals surface area contributed by atoms with E-state index in [0.29, 0.717) is 12.2 Å². The molecule has 2 amide bonds. The van der Waals surface area contributed by atoms with Crippen molar-refractivity contribution in [2.45, 2.75) is 6.92 Å². The average molecular weight is 192 g/mol. The molecule has 1 aliphatic heterocycles. The van der Waals surface area contributed by atoms with Crippen LogP contribution in [-0.2, 0) is 9.59 Å². The van der Waals surface area contributed by atoms with Crippen LogP contribution in [0.4, 0.5) is 0 Å². The third-order valence-electron chi connectivity index (χ3n) is 1.79. The number of hydrogen-bond acceptors (Lipinski definition) is 2. The van der Waals surface area contributed by atoms with Gasteiger partial charge in [-0.2, -0.15) is 0 Å². The predicted molar refractivity (Wildman–Crippen MR) is 53.2 cm³/mol. The summed E-state index contributed by atoms with van der Waals surface area (Å²) in [4.78, 5) is 21.7. The second-order valence-corrected chi connectivity index (χ2v) is 2.94. The molecule has 2 N–H and O–H groups in total. The first-order valence-electron chi connectivity index (χ1n) is 4.22. The first-order valence-corrected chi connectivity index (χ1v) is 4.22. The topological polar surface area (TPSA) is 58.2 Å². The summed E-state index contributed by atoms with van der Waals surface area (Å²) in [7, 11) is 0. The van der Waals surface area contributed by atoms with E-state index in [-0.39, 0.29) is 0 Å². The normalized spacial score (nSPS) is 20.4. The summed E-state index contributed by atoms with van der Waals surface area (Å²) < 4.78 is 0. The van der Waals surface area contributed by atoms with Gasteiger partial charge in [0, 0.05) is 5.70 Å². The molecule has 0 aromatic heterocycles. The summed E-state index contributed by atoms with van der Waals surface area (Å²) in [5.74, 6) is -1.21. The number of carbonyl (C=O) groups excluding carboxylic acids is 2. The van der Waals surface area contributed by atoms with Crippen molar-refractivity contribution in [1.82, 2.24) is 10.6 Å². The third-order valence-corrected chi connectivity index (χ3v) is 1.79. The Hall–Kier alpha value is -1.84. The molecule has 0 bridgehead atoms. The third kappa shape index (κ3) is 2.58. The van der Waals surface area contributed by atoms with Crippen molar-refractivity contribution in [3.05, 3.63) is 36.1 Å². The molecule has 4 nitrogen and oxygen atoms in total. The molecule has 0 unspecified atom stereocenters. The molecule has 0 radical (unpaired) electrons. The number of carbonyl (C=O) groups is 2. The molecule has 0 aliphatic carbocycles. The van der Waals surface area contributed by atoms with Gasteiger partial charge in [-0.1, -0.05) is 24.3 Å². The van der Waals surface area contributed by atoms with Gasteiger partial charge in [0.1, 0.15) is 0 Å². The van der Waals surface area contributed by atoms with Gasteiger partial charge in [0.15, 0.2) is 0 Å². The zero-order valence-corrected chi connectivity index (χ0v) is 7.96. The Bertz CT molecular complexity index is 340. The Morgan fingerprint density at radius 1 is 1.43 bits per heavy atom. The zero-order valence-electron chi connectivity index (χ0n) is 7.96. The van der Waals surface area contributed by atoms with Crippen molar-refractivity contribution in [3.8, 4) is 0 Å². The van der Waals surface area contributed by atoms with Crippen LogP contribution in [0.15, 0.2) is 36.1 Å². The van der Waals surface area contributed by atoms with Gasteiger partial charge in [0.25, 0.3) is 0 Å². The largest absolute Gasteiger partial charge is 0.342 e. The Balaban J connectivity index is 2.67. The van der Waals surface area contributed by atoms with E-state index in [1.54, 1.807) is 12.2 Å². The molecule has 1 rings (SSSR count). The molecule has 1 saturated heterocycles. The minimum Gasteiger partial charge on any atom is -0.342 e. The SMILES string of the molecule is C=C/C(C)=C\C=C1/CNC(=O)C(=O)N1. The number of amides is 2. The van der Waals surface area contributed by atoms with Gasteiger partial charge >= 0.3 is 11.8 Å². The molecular formula is C10H12N2O2. The Morgan fingerprint density at radius 2 is 2.14 bits per heavy atom. The number of hydrogen-bond donors (Lipinski definition) is 2. The smallest absolute Gasteiger partial charge is 0.313 e. The molecule has 1 aliphatic rings. The lowest BCUT2D eigenvalue weighted by Crippen LogP contribution is -2.47. The number of rotatable bonds is 2. The van der Waals surface area contributed by atoms with Gasteiger partial charge in [-0.15, -0.1) is 0 Å². The predicted octanol–water partition coefficient (Wildman–Crippen LogP) is 0.249. The average Bonchev–Trinajstić information content (AvgIpc) is 2.19. The van der Waals surface area contributed by atoms with Gasteiger partial charge < -0.3 is 10.6 Å². The second-order valence-electron chi connectivity index (χ2n) is 2.94. The summed E-state index contributed by atoms with van der Waals surface area (Å²) in [6.45, 7) is 5.85. The van der Waals surface area contributed by atoms with E-state index in [1.807, 2.05) is 13.0 Å². The van der Waals surface area contributed by atoms with Crippen molar-refractivity contribution in [2.75, 3.05) is 6.54 Å². The zero-order chi connectivity index (χ0) is 10.6. The van der Waals surface area contributed by atoms with E-state index in [0.717, 1.165) is 5.57 Å². The highest BCUT2D eigenvalue weighted by atomic mass is 16.2. The minimum atomic E-state index is -0.618. The first kappa shape index (κ1) is 10.2. The van der Waals surface area contributed by atoms with E-state index >= 15 is 0 Å². The lowest BCUT2D eigenvalue weighted by Gasteiger charge is -2.15. The van der Waals surface area contributed by atoms with Gasteiger partial charge in [-0.25, -0.2) is 0 Å². The fourth-order valence-corrected chi connectivity index (χ4v) is 0.903. The van der Waals surface area contributed by atoms with Crippen LogP contribution in [0.1, 0.15) is 6.92 Å². The van der Waals surface area contributed by atoms with Gasteiger partial charge in [-0.3, -0.25) is 9.59 Å². The molecule has 1 fully saturated rings. The molecule has 0 aromatic rings. The fraction of sp³-hybridized carbons (Fsp3) is 0.200. The minimum absolute atomic E-state index is 0.353. The quantitative estimate of drug-likeness (QED) is 0.486. The molecule has 0 atom stereocenters. The molecule has 0 saturated carbocycles. The van der Waals surface area contributed by atoms with Crippen molar-refractivity contribution in [3.63, 3.8) is 0 Å². The lowest BCUT2D eigenvalue weighted by atomic mass is 10.2. The summed E-state index contributed by atoms with van der Waals surface area (Å²) in [5, 5.41) is 4.93. The van der Waals surface area contributed by atoms with E-state index in [1.165, 1.54) is 0 Å². The van der Waals surface area contributed by atoms with Gasteiger partial charge in [-0.05, 0) is 13.0 Å². The van der Waals surface area contributed by atoms with Crippen molar-refractivity contribution in [2.24, 2.45) is 0 Å². The maximum atomic E-state index is 10.9. The van der Waals surface area contributed by atoms with Crippen molar-refractivity contribution < 1.29 is 9.59 Å². The van der Waals surface area contributed by atoms with E-state index in [4.69, 9.17) is 0 Å². The van der Waals surface area contributed by atoms with Crippen LogP contribution in [0.3, 0.4) is 0 Å². The van der Waals surface area contributed by atoms with Crippen LogP contribution in [0.2, 0.25) is 0 Å². The molecular weight excluding hydrogens is 180 g/mol. The molecule has 1 heterocycles. The number of piperazine rings is 1. The fourth-order valence-electron chi connectivity index (χ4n) is 0.903. The van der Waals surface area contributed by atoms with Gasteiger partial charge in [0.05, 0.1) is 6.54 Å². The summed E-state index contributed by atoms with van der Waals surface area (Å²) >= 11 is 0. The number of allylic oxidation sites excluding steroid dienone is 4. The maximum Gasteiger partial charge on any atom is 0.313 e. The summed E-state index contributed by atoms with van der Waals surface area (Å²) in [5.41, 5.74) is 1.67. The van der Waals surface area contributed by atoms with Crippen molar-refractivity contribution >= 4 is 11.8 Å². The van der Waals surface area contributed by atoms with Crippen LogP contribution < -0.4 is 10.6 Å². The van der Waals surface area contributed by atoms with Crippen LogP contribution in [0, 0.1) is 0 Å². The van der Waals surface area contributed by atoms with Gasteiger partial charge in [0.2, 0.25) is 0 Å². The molecule has 0 spiro atoms. The van der Waals surface area contributed by atoms with Crippen LogP contribution in [-0.4, -0.2) is 18.4 Å². The molecule has 14 heavy (non-hydrogen) atoms. The van der Waals surface area contributed by atoms with Crippen LogP contribution in [0.5, 0.6) is 0 Å². The molecule has 4 heteroatoms. The maximum absolute atomic E-state index is 10.9. The van der Waals surface area contributed by atoms with E-state index in [2.05, 4.69) is 17.2 Å². The monoisotopic (exact) mass is 192 g/mol. The molecule has 0 aromatic carbocycles. The van der Waals surface area contributed by atoms with E-state index in [9.17, 15) is 9.59 Å². The van der Waals surface area contributed by atoms with Crippen LogP contribution >= 0.6 is 0 Å². The van der Waals surface area contributed by atoms with E-state index < -0.39 is 11.8 Å². The van der Waals surface area contributed by atoms with Crippen LogP contribution in [0.25, 0.3) is 0 Å². The molecule has 74 valence electrons. The standard InChI is InChI=1S/C10H12N2O2/c1-3-7(2)4-5-8-6-11-9(13)10(14)12-8/h3-5H,1,6H2,2H3,(H,11,13)(H,12,14)/b7-4-,8-5+.